The van der Waals surface area contributed by atoms with Crippen molar-refractivity contribution in [2.24, 2.45) is 0 Å². The van der Waals surface area contributed by atoms with Crippen molar-refractivity contribution in [1.29, 1.82) is 0 Å². The lowest BCUT2D eigenvalue weighted by molar-refractivity contribution is -0.117. The van der Waals surface area contributed by atoms with Gasteiger partial charge in [-0.2, -0.15) is 0 Å². The summed E-state index contributed by atoms with van der Waals surface area (Å²) in [5.41, 5.74) is 1.79. The zero-order valence-electron chi connectivity index (χ0n) is 14.4. The SMILES string of the molecule is O=C(CN(Cc1cccs1)Cc1cccs1)Nc1ccc2[nH]c(=O)[nH]c2c1. The lowest BCUT2D eigenvalue weighted by atomic mass is 10.2. The first kappa shape index (κ1) is 17.7. The Balaban J connectivity index is 1.45. The van der Waals surface area contributed by atoms with Gasteiger partial charge in [0.2, 0.25) is 5.91 Å². The van der Waals surface area contributed by atoms with E-state index in [1.807, 2.05) is 22.9 Å². The summed E-state index contributed by atoms with van der Waals surface area (Å²) in [5, 5.41) is 7.02. The van der Waals surface area contributed by atoms with E-state index in [4.69, 9.17) is 0 Å². The molecule has 6 nitrogen and oxygen atoms in total. The Hall–Kier alpha value is -2.68. The highest BCUT2D eigenvalue weighted by molar-refractivity contribution is 7.10. The van der Waals surface area contributed by atoms with Gasteiger partial charge in [0.25, 0.3) is 0 Å². The van der Waals surface area contributed by atoms with Crippen LogP contribution in [0.5, 0.6) is 0 Å². The van der Waals surface area contributed by atoms with Crippen molar-refractivity contribution < 1.29 is 4.79 Å². The highest BCUT2D eigenvalue weighted by atomic mass is 32.1. The van der Waals surface area contributed by atoms with E-state index in [1.165, 1.54) is 9.75 Å². The summed E-state index contributed by atoms with van der Waals surface area (Å²) in [7, 11) is 0. The fraction of sp³-hybridized carbons (Fsp3) is 0.158. The summed E-state index contributed by atoms with van der Waals surface area (Å²) in [5.74, 6) is -0.0830. The number of nitrogens with zero attached hydrogens (tertiary/aromatic N) is 1. The van der Waals surface area contributed by atoms with Gasteiger partial charge in [-0.05, 0) is 41.1 Å². The smallest absolute Gasteiger partial charge is 0.323 e. The van der Waals surface area contributed by atoms with E-state index in [-0.39, 0.29) is 18.1 Å². The molecule has 27 heavy (non-hydrogen) atoms. The number of anilines is 1. The number of H-pyrrole nitrogens is 2. The van der Waals surface area contributed by atoms with Crippen molar-refractivity contribution in [3.63, 3.8) is 0 Å². The summed E-state index contributed by atoms with van der Waals surface area (Å²) >= 11 is 3.38. The molecule has 0 aliphatic rings. The minimum absolute atomic E-state index is 0.0830. The van der Waals surface area contributed by atoms with Crippen molar-refractivity contribution in [2.45, 2.75) is 13.1 Å². The molecular weight excluding hydrogens is 380 g/mol. The van der Waals surface area contributed by atoms with Crippen LogP contribution in [-0.4, -0.2) is 27.3 Å². The molecule has 0 unspecified atom stereocenters. The number of hydrogen-bond acceptors (Lipinski definition) is 5. The van der Waals surface area contributed by atoms with Crippen molar-refractivity contribution in [1.82, 2.24) is 14.9 Å². The normalized spacial score (nSPS) is 11.3. The number of hydrogen-bond donors (Lipinski definition) is 3. The maximum atomic E-state index is 12.6. The Labute approximate surface area is 163 Å². The molecule has 4 rings (SSSR count). The molecule has 1 amide bonds. The summed E-state index contributed by atoms with van der Waals surface area (Å²) < 4.78 is 0. The lowest BCUT2D eigenvalue weighted by Crippen LogP contribution is -2.32. The highest BCUT2D eigenvalue weighted by Gasteiger charge is 2.14. The van der Waals surface area contributed by atoms with Crippen LogP contribution in [0.2, 0.25) is 0 Å². The number of carbonyl (C=O) groups excluding carboxylic acids is 1. The van der Waals surface area contributed by atoms with Gasteiger partial charge in [0, 0.05) is 28.5 Å². The monoisotopic (exact) mass is 398 g/mol. The average molecular weight is 399 g/mol. The molecule has 138 valence electrons. The standard InChI is InChI=1S/C19H18N4O2S2/c24-18(20-13-5-6-16-17(9-13)22-19(25)21-16)12-23(10-14-3-1-7-26-14)11-15-4-2-8-27-15/h1-9H,10-12H2,(H,20,24)(H2,21,22,25). The lowest BCUT2D eigenvalue weighted by Gasteiger charge is -2.20. The number of benzene rings is 1. The van der Waals surface area contributed by atoms with Crippen LogP contribution in [0.3, 0.4) is 0 Å². The van der Waals surface area contributed by atoms with Crippen LogP contribution < -0.4 is 11.0 Å². The number of carbonyl (C=O) groups is 1. The first-order valence-corrected chi connectivity index (χ1v) is 10.2. The van der Waals surface area contributed by atoms with E-state index < -0.39 is 0 Å². The first-order chi connectivity index (χ1) is 13.2. The van der Waals surface area contributed by atoms with Crippen LogP contribution >= 0.6 is 22.7 Å². The van der Waals surface area contributed by atoms with Gasteiger partial charge in [0.05, 0.1) is 17.6 Å². The third kappa shape index (κ3) is 4.54. The van der Waals surface area contributed by atoms with Gasteiger partial charge in [0.1, 0.15) is 0 Å². The van der Waals surface area contributed by atoms with E-state index in [0.717, 1.165) is 18.6 Å². The molecule has 0 aliphatic carbocycles. The van der Waals surface area contributed by atoms with Crippen LogP contribution in [0.15, 0.2) is 58.0 Å². The molecule has 1 aromatic carbocycles. The highest BCUT2D eigenvalue weighted by Crippen LogP contribution is 2.18. The minimum Gasteiger partial charge on any atom is -0.325 e. The molecule has 0 aliphatic heterocycles. The van der Waals surface area contributed by atoms with E-state index in [0.29, 0.717) is 11.2 Å². The van der Waals surface area contributed by atoms with E-state index in [1.54, 1.807) is 40.9 Å². The number of aromatic amines is 2. The Morgan fingerprint density at radius 3 is 2.26 bits per heavy atom. The molecule has 4 aromatic rings. The molecule has 0 saturated carbocycles. The van der Waals surface area contributed by atoms with Gasteiger partial charge >= 0.3 is 5.69 Å². The average Bonchev–Trinajstić information content (AvgIpc) is 3.36. The van der Waals surface area contributed by atoms with Crippen LogP contribution in [0.25, 0.3) is 11.0 Å². The number of rotatable bonds is 7. The molecule has 0 fully saturated rings. The van der Waals surface area contributed by atoms with Gasteiger partial charge in [-0.15, -0.1) is 22.7 Å². The minimum atomic E-state index is -0.258. The zero-order valence-corrected chi connectivity index (χ0v) is 16.0. The van der Waals surface area contributed by atoms with Gasteiger partial charge in [-0.3, -0.25) is 9.69 Å². The van der Waals surface area contributed by atoms with E-state index >= 15 is 0 Å². The predicted octanol–water partition coefficient (Wildman–Crippen LogP) is 3.62. The summed E-state index contributed by atoms with van der Waals surface area (Å²) in [6.07, 6.45) is 0. The third-order valence-corrected chi connectivity index (χ3v) is 5.81. The quantitative estimate of drug-likeness (QED) is 0.445. The summed E-state index contributed by atoms with van der Waals surface area (Å²) in [6, 6.07) is 13.5. The Bertz CT molecular complexity index is 1040. The first-order valence-electron chi connectivity index (χ1n) is 8.45. The van der Waals surface area contributed by atoms with Crippen LogP contribution in [-0.2, 0) is 17.9 Å². The van der Waals surface area contributed by atoms with Gasteiger partial charge in [0.15, 0.2) is 0 Å². The number of imidazole rings is 1. The van der Waals surface area contributed by atoms with Crippen LogP contribution in [0.1, 0.15) is 9.75 Å². The Morgan fingerprint density at radius 2 is 1.63 bits per heavy atom. The van der Waals surface area contributed by atoms with Gasteiger partial charge < -0.3 is 15.3 Å². The third-order valence-electron chi connectivity index (χ3n) is 4.09. The second-order valence-electron chi connectivity index (χ2n) is 6.19. The molecule has 0 saturated heterocycles. The molecule has 0 atom stereocenters. The predicted molar refractivity (Wildman–Crippen MR) is 110 cm³/mol. The van der Waals surface area contributed by atoms with Crippen molar-refractivity contribution in [3.8, 4) is 0 Å². The summed E-state index contributed by atoms with van der Waals surface area (Å²) in [4.78, 5) is 33.9. The Kier molecular flexibility index (Phi) is 5.19. The second-order valence-corrected chi connectivity index (χ2v) is 8.26. The second kappa shape index (κ2) is 7.91. The number of thiophene rings is 2. The number of aromatic nitrogens is 2. The molecule has 3 N–H and O–H groups in total. The molecule has 3 aromatic heterocycles. The van der Waals surface area contributed by atoms with Crippen LogP contribution in [0, 0.1) is 0 Å². The molecule has 8 heteroatoms. The van der Waals surface area contributed by atoms with Crippen molar-refractivity contribution in [2.75, 3.05) is 11.9 Å². The molecule has 0 radical (unpaired) electrons. The number of fused-ring (bicyclic) bond motifs is 1. The van der Waals surface area contributed by atoms with Gasteiger partial charge in [-0.1, -0.05) is 12.1 Å². The van der Waals surface area contributed by atoms with Crippen LogP contribution in [0.4, 0.5) is 5.69 Å². The zero-order chi connectivity index (χ0) is 18.6. The number of amides is 1. The van der Waals surface area contributed by atoms with E-state index in [9.17, 15) is 9.59 Å². The topological polar surface area (TPSA) is 81.0 Å². The molecule has 3 heterocycles. The Morgan fingerprint density at radius 1 is 0.963 bits per heavy atom. The molecule has 0 bridgehead atoms. The maximum Gasteiger partial charge on any atom is 0.323 e. The number of nitrogens with one attached hydrogen (secondary N) is 3. The fourth-order valence-corrected chi connectivity index (χ4v) is 4.42. The van der Waals surface area contributed by atoms with E-state index in [2.05, 4.69) is 32.3 Å². The fourth-order valence-electron chi connectivity index (χ4n) is 2.93. The van der Waals surface area contributed by atoms with Gasteiger partial charge in [-0.25, -0.2) is 4.79 Å². The maximum absolute atomic E-state index is 12.6. The van der Waals surface area contributed by atoms with Crippen molar-refractivity contribution in [3.05, 3.63) is 73.5 Å². The largest absolute Gasteiger partial charge is 0.325 e. The molecule has 0 spiro atoms. The molecular formula is C19H18N4O2S2. The summed E-state index contributed by atoms with van der Waals surface area (Å²) in [6.45, 7) is 1.75. The van der Waals surface area contributed by atoms with Crippen molar-refractivity contribution >= 4 is 45.3 Å².